The maximum atomic E-state index is 5.77. The van der Waals surface area contributed by atoms with E-state index in [0.717, 1.165) is 36.4 Å². The van der Waals surface area contributed by atoms with Gasteiger partial charge in [0.1, 0.15) is 5.75 Å². The van der Waals surface area contributed by atoms with E-state index < -0.39 is 0 Å². The van der Waals surface area contributed by atoms with Crippen molar-refractivity contribution in [2.45, 2.75) is 19.8 Å². The molecule has 0 spiro atoms. The molecule has 0 aliphatic heterocycles. The molecule has 3 heteroatoms. The third kappa shape index (κ3) is 3.80. The lowest BCUT2D eigenvalue weighted by atomic mass is 10.2. The summed E-state index contributed by atoms with van der Waals surface area (Å²) in [5.41, 5.74) is 7.57. The van der Waals surface area contributed by atoms with Gasteiger partial charge in [0.2, 0.25) is 0 Å². The zero-order valence-corrected chi connectivity index (χ0v) is 9.45. The number of hydrogen-bond donors (Lipinski definition) is 1. The van der Waals surface area contributed by atoms with E-state index in [1.54, 1.807) is 7.11 Å². The van der Waals surface area contributed by atoms with Gasteiger partial charge in [-0.3, -0.25) is 0 Å². The van der Waals surface area contributed by atoms with Crippen molar-refractivity contribution in [3.63, 3.8) is 0 Å². The molecule has 1 aromatic carbocycles. The number of anilines is 1. The van der Waals surface area contributed by atoms with Crippen LogP contribution in [0.25, 0.3) is 0 Å². The Labute approximate surface area is 91.2 Å². The largest absolute Gasteiger partial charge is 0.493 e. The fourth-order valence-electron chi connectivity index (χ4n) is 1.32. The van der Waals surface area contributed by atoms with E-state index in [1.807, 2.05) is 25.1 Å². The highest BCUT2D eigenvalue weighted by molar-refractivity contribution is 5.53. The molecular formula is C12H19NO2. The van der Waals surface area contributed by atoms with Gasteiger partial charge in [0, 0.05) is 25.0 Å². The van der Waals surface area contributed by atoms with Crippen molar-refractivity contribution in [2.75, 3.05) is 26.1 Å². The van der Waals surface area contributed by atoms with Crippen molar-refractivity contribution in [1.82, 2.24) is 0 Å². The van der Waals surface area contributed by atoms with Crippen LogP contribution in [0.2, 0.25) is 0 Å². The number of nitrogens with two attached hydrogens (primary N) is 1. The molecule has 1 aromatic rings. The topological polar surface area (TPSA) is 44.5 Å². The van der Waals surface area contributed by atoms with E-state index in [1.165, 1.54) is 0 Å². The van der Waals surface area contributed by atoms with E-state index in [4.69, 9.17) is 15.2 Å². The van der Waals surface area contributed by atoms with Crippen molar-refractivity contribution in [1.29, 1.82) is 0 Å². The number of unbranched alkanes of at least 4 members (excludes halogenated alkanes) is 1. The van der Waals surface area contributed by atoms with Crippen LogP contribution in [-0.2, 0) is 4.74 Å². The number of rotatable bonds is 6. The van der Waals surface area contributed by atoms with Crippen LogP contribution < -0.4 is 10.5 Å². The number of nitrogen functional groups attached to an aromatic ring is 1. The predicted octanol–water partition coefficient (Wildman–Crippen LogP) is 2.38. The maximum Gasteiger partial charge on any atom is 0.124 e. The molecule has 0 aromatic heterocycles. The Hall–Kier alpha value is -1.22. The van der Waals surface area contributed by atoms with Crippen LogP contribution in [-0.4, -0.2) is 20.3 Å². The highest BCUT2D eigenvalue weighted by atomic mass is 16.5. The molecule has 0 bridgehead atoms. The second-order valence-corrected chi connectivity index (χ2v) is 3.52. The number of ether oxygens (including phenoxy) is 2. The molecule has 0 aliphatic rings. The van der Waals surface area contributed by atoms with E-state index in [2.05, 4.69) is 0 Å². The van der Waals surface area contributed by atoms with Gasteiger partial charge in [-0.2, -0.15) is 0 Å². The minimum Gasteiger partial charge on any atom is -0.493 e. The lowest BCUT2D eigenvalue weighted by molar-refractivity contribution is 0.184. The Morgan fingerprint density at radius 2 is 1.93 bits per heavy atom. The van der Waals surface area contributed by atoms with Crippen LogP contribution in [0.3, 0.4) is 0 Å². The Morgan fingerprint density at radius 3 is 2.67 bits per heavy atom. The summed E-state index contributed by atoms with van der Waals surface area (Å²) < 4.78 is 10.6. The fourth-order valence-corrected chi connectivity index (χ4v) is 1.32. The molecule has 0 fully saturated rings. The molecule has 0 saturated heterocycles. The lowest BCUT2D eigenvalue weighted by Gasteiger charge is -2.10. The van der Waals surface area contributed by atoms with Crippen molar-refractivity contribution >= 4 is 5.69 Å². The number of benzene rings is 1. The molecule has 0 atom stereocenters. The first-order valence-electron chi connectivity index (χ1n) is 5.22. The highest BCUT2D eigenvalue weighted by Gasteiger charge is 2.01. The van der Waals surface area contributed by atoms with Gasteiger partial charge >= 0.3 is 0 Å². The van der Waals surface area contributed by atoms with Gasteiger partial charge in [-0.25, -0.2) is 0 Å². The SMILES string of the molecule is COCCCCOc1cccc(N)c1C. The third-order valence-electron chi connectivity index (χ3n) is 2.33. The third-order valence-corrected chi connectivity index (χ3v) is 2.33. The monoisotopic (exact) mass is 209 g/mol. The van der Waals surface area contributed by atoms with Crippen LogP contribution in [0.5, 0.6) is 5.75 Å². The van der Waals surface area contributed by atoms with Gasteiger partial charge in [-0.1, -0.05) is 6.07 Å². The zero-order chi connectivity index (χ0) is 11.1. The van der Waals surface area contributed by atoms with E-state index in [9.17, 15) is 0 Å². The van der Waals surface area contributed by atoms with Crippen LogP contribution in [0.1, 0.15) is 18.4 Å². The van der Waals surface area contributed by atoms with Gasteiger partial charge in [-0.05, 0) is 31.9 Å². The first-order valence-corrected chi connectivity index (χ1v) is 5.22. The van der Waals surface area contributed by atoms with Gasteiger partial charge in [0.05, 0.1) is 6.61 Å². The minimum atomic E-state index is 0.716. The van der Waals surface area contributed by atoms with Crippen LogP contribution in [0.4, 0.5) is 5.69 Å². The molecule has 84 valence electrons. The Morgan fingerprint density at radius 1 is 1.20 bits per heavy atom. The van der Waals surface area contributed by atoms with Gasteiger partial charge in [-0.15, -0.1) is 0 Å². The molecular weight excluding hydrogens is 190 g/mol. The van der Waals surface area contributed by atoms with E-state index >= 15 is 0 Å². The number of methoxy groups -OCH3 is 1. The zero-order valence-electron chi connectivity index (χ0n) is 9.45. The Kier molecular flexibility index (Phi) is 4.98. The van der Waals surface area contributed by atoms with Crippen LogP contribution >= 0.6 is 0 Å². The van der Waals surface area contributed by atoms with Crippen molar-refractivity contribution in [2.24, 2.45) is 0 Å². The summed E-state index contributed by atoms with van der Waals surface area (Å²) in [5, 5.41) is 0. The van der Waals surface area contributed by atoms with Crippen molar-refractivity contribution < 1.29 is 9.47 Å². The minimum absolute atomic E-state index is 0.716. The maximum absolute atomic E-state index is 5.77. The molecule has 2 N–H and O–H groups in total. The summed E-state index contributed by atoms with van der Waals surface area (Å²) in [6.45, 7) is 3.48. The van der Waals surface area contributed by atoms with Crippen LogP contribution in [0, 0.1) is 6.92 Å². The second-order valence-electron chi connectivity index (χ2n) is 3.52. The molecule has 0 radical (unpaired) electrons. The molecule has 15 heavy (non-hydrogen) atoms. The van der Waals surface area contributed by atoms with E-state index in [-0.39, 0.29) is 0 Å². The molecule has 0 heterocycles. The normalized spacial score (nSPS) is 10.3. The molecule has 0 amide bonds. The summed E-state index contributed by atoms with van der Waals surface area (Å²) in [4.78, 5) is 0. The van der Waals surface area contributed by atoms with Crippen LogP contribution in [0.15, 0.2) is 18.2 Å². The number of hydrogen-bond acceptors (Lipinski definition) is 3. The summed E-state index contributed by atoms with van der Waals surface area (Å²) in [6.07, 6.45) is 2.03. The first-order chi connectivity index (χ1) is 7.25. The quantitative estimate of drug-likeness (QED) is 0.578. The predicted molar refractivity (Wildman–Crippen MR) is 62.2 cm³/mol. The summed E-state index contributed by atoms with van der Waals surface area (Å²) in [7, 11) is 1.71. The average molecular weight is 209 g/mol. The Balaban J connectivity index is 2.34. The standard InChI is InChI=1S/C12H19NO2/c1-10-11(13)6-5-7-12(10)15-9-4-3-8-14-2/h5-7H,3-4,8-9,13H2,1-2H3. The molecule has 1 rings (SSSR count). The highest BCUT2D eigenvalue weighted by Crippen LogP contribution is 2.22. The molecule has 0 saturated carbocycles. The molecule has 0 unspecified atom stereocenters. The van der Waals surface area contributed by atoms with Gasteiger partial charge < -0.3 is 15.2 Å². The Bertz CT molecular complexity index is 300. The van der Waals surface area contributed by atoms with Gasteiger partial charge in [0.15, 0.2) is 0 Å². The fraction of sp³-hybridized carbons (Fsp3) is 0.500. The smallest absolute Gasteiger partial charge is 0.124 e. The van der Waals surface area contributed by atoms with Gasteiger partial charge in [0.25, 0.3) is 0 Å². The lowest BCUT2D eigenvalue weighted by Crippen LogP contribution is -2.02. The van der Waals surface area contributed by atoms with Crippen molar-refractivity contribution in [3.05, 3.63) is 23.8 Å². The van der Waals surface area contributed by atoms with E-state index in [0.29, 0.717) is 6.61 Å². The average Bonchev–Trinajstić information content (AvgIpc) is 2.24. The van der Waals surface area contributed by atoms with Crippen molar-refractivity contribution in [3.8, 4) is 5.75 Å². The molecule has 3 nitrogen and oxygen atoms in total. The second kappa shape index (κ2) is 6.30. The summed E-state index contributed by atoms with van der Waals surface area (Å²) in [6, 6.07) is 5.74. The summed E-state index contributed by atoms with van der Waals surface area (Å²) >= 11 is 0. The molecule has 0 aliphatic carbocycles. The first kappa shape index (κ1) is 11.9. The summed E-state index contributed by atoms with van der Waals surface area (Å²) in [5.74, 6) is 0.882.